The molecule has 1 saturated heterocycles. The zero-order valence-corrected chi connectivity index (χ0v) is 16.5. The molecule has 2 aromatic carbocycles. The molecule has 4 rings (SSSR count). The van der Waals surface area contributed by atoms with Crippen LogP contribution >= 0.6 is 0 Å². The summed E-state index contributed by atoms with van der Waals surface area (Å²) in [5.74, 6) is 1.31. The SMILES string of the molecule is Cc1ccccc1-c1noc(CC2CCCN(C(=O)Cc3ccc(F)cc3)C2)n1. The fraction of sp³-hybridized carbons (Fsp3) is 0.348. The number of piperidine rings is 1. The molecule has 1 aromatic heterocycles. The van der Waals surface area contributed by atoms with Crippen LogP contribution in [0.1, 0.15) is 29.9 Å². The van der Waals surface area contributed by atoms with Gasteiger partial charge in [0.05, 0.1) is 6.42 Å². The summed E-state index contributed by atoms with van der Waals surface area (Å²) in [6, 6.07) is 14.1. The second-order valence-electron chi connectivity index (χ2n) is 7.68. The topological polar surface area (TPSA) is 59.2 Å². The van der Waals surface area contributed by atoms with Crippen LogP contribution in [-0.4, -0.2) is 34.0 Å². The van der Waals surface area contributed by atoms with Crippen LogP contribution in [0.4, 0.5) is 4.39 Å². The Hall–Kier alpha value is -3.02. The number of nitrogens with zero attached hydrogens (tertiary/aromatic N) is 3. The Kier molecular flexibility index (Phi) is 5.69. The molecule has 0 spiro atoms. The highest BCUT2D eigenvalue weighted by Gasteiger charge is 2.25. The molecule has 0 saturated carbocycles. The largest absolute Gasteiger partial charge is 0.342 e. The molecule has 1 aliphatic rings. The standard InChI is InChI=1S/C23H24FN3O2/c1-16-5-2-3-7-20(16)23-25-21(29-26-23)13-18-6-4-12-27(15-18)22(28)14-17-8-10-19(24)11-9-17/h2-3,5,7-11,18H,4,6,12-15H2,1H3. The van der Waals surface area contributed by atoms with Crippen LogP contribution in [0.25, 0.3) is 11.4 Å². The van der Waals surface area contributed by atoms with E-state index >= 15 is 0 Å². The van der Waals surface area contributed by atoms with E-state index in [2.05, 4.69) is 10.1 Å². The Morgan fingerprint density at radius 1 is 1.21 bits per heavy atom. The van der Waals surface area contributed by atoms with E-state index in [4.69, 9.17) is 4.52 Å². The van der Waals surface area contributed by atoms with E-state index in [0.717, 1.165) is 36.1 Å². The highest BCUT2D eigenvalue weighted by atomic mass is 19.1. The molecular formula is C23H24FN3O2. The maximum absolute atomic E-state index is 13.1. The maximum Gasteiger partial charge on any atom is 0.227 e. The minimum absolute atomic E-state index is 0.0763. The second kappa shape index (κ2) is 8.55. The van der Waals surface area contributed by atoms with Crippen LogP contribution in [-0.2, 0) is 17.6 Å². The summed E-state index contributed by atoms with van der Waals surface area (Å²) in [5.41, 5.74) is 2.91. The van der Waals surface area contributed by atoms with Crippen molar-refractivity contribution in [1.82, 2.24) is 15.0 Å². The van der Waals surface area contributed by atoms with Crippen molar-refractivity contribution in [3.8, 4) is 11.4 Å². The molecule has 29 heavy (non-hydrogen) atoms. The number of hydrogen-bond donors (Lipinski definition) is 0. The first-order valence-electron chi connectivity index (χ1n) is 9.99. The van der Waals surface area contributed by atoms with E-state index in [-0.39, 0.29) is 11.7 Å². The summed E-state index contributed by atoms with van der Waals surface area (Å²) in [6.45, 7) is 3.47. The lowest BCUT2D eigenvalue weighted by molar-refractivity contribution is -0.132. The predicted molar refractivity (Wildman–Crippen MR) is 108 cm³/mol. The molecule has 0 bridgehead atoms. The third-order valence-corrected chi connectivity index (χ3v) is 5.46. The molecule has 1 unspecified atom stereocenters. The van der Waals surface area contributed by atoms with Gasteiger partial charge in [0.25, 0.3) is 0 Å². The van der Waals surface area contributed by atoms with Crippen molar-refractivity contribution in [3.63, 3.8) is 0 Å². The molecule has 3 aromatic rings. The predicted octanol–water partition coefficient (Wildman–Crippen LogP) is 4.21. The third-order valence-electron chi connectivity index (χ3n) is 5.46. The highest BCUT2D eigenvalue weighted by Crippen LogP contribution is 2.24. The monoisotopic (exact) mass is 393 g/mol. The molecule has 0 aliphatic carbocycles. The molecule has 1 aliphatic heterocycles. The van der Waals surface area contributed by atoms with Crippen molar-refractivity contribution >= 4 is 5.91 Å². The summed E-state index contributed by atoms with van der Waals surface area (Å²) >= 11 is 0. The molecule has 5 nitrogen and oxygen atoms in total. The molecule has 0 radical (unpaired) electrons. The van der Waals surface area contributed by atoms with Crippen LogP contribution in [0, 0.1) is 18.7 Å². The number of carbonyl (C=O) groups excluding carboxylic acids is 1. The van der Waals surface area contributed by atoms with Crippen molar-refractivity contribution in [3.05, 3.63) is 71.4 Å². The maximum atomic E-state index is 13.1. The quantitative estimate of drug-likeness (QED) is 0.652. The average Bonchev–Trinajstić information content (AvgIpc) is 3.18. The normalized spacial score (nSPS) is 16.8. The highest BCUT2D eigenvalue weighted by molar-refractivity contribution is 5.78. The van der Waals surface area contributed by atoms with Gasteiger partial charge in [-0.15, -0.1) is 0 Å². The molecule has 150 valence electrons. The minimum atomic E-state index is -0.288. The molecule has 1 amide bonds. The smallest absolute Gasteiger partial charge is 0.227 e. The summed E-state index contributed by atoms with van der Waals surface area (Å²) in [5, 5.41) is 4.13. The van der Waals surface area contributed by atoms with Crippen molar-refractivity contribution in [1.29, 1.82) is 0 Å². The molecule has 2 heterocycles. The van der Waals surface area contributed by atoms with Gasteiger partial charge in [0, 0.05) is 25.1 Å². The van der Waals surface area contributed by atoms with Gasteiger partial charge in [-0.1, -0.05) is 41.6 Å². The van der Waals surface area contributed by atoms with Gasteiger partial charge < -0.3 is 9.42 Å². The van der Waals surface area contributed by atoms with E-state index < -0.39 is 0 Å². The van der Waals surface area contributed by atoms with Gasteiger partial charge in [-0.2, -0.15) is 4.98 Å². The average molecular weight is 393 g/mol. The number of amides is 1. The number of hydrogen-bond acceptors (Lipinski definition) is 4. The number of carbonyl (C=O) groups is 1. The Balaban J connectivity index is 1.37. The Bertz CT molecular complexity index is 984. The summed E-state index contributed by atoms with van der Waals surface area (Å²) in [6.07, 6.45) is 2.95. The van der Waals surface area contributed by atoms with Gasteiger partial charge in [-0.25, -0.2) is 4.39 Å². The van der Waals surface area contributed by atoms with Crippen LogP contribution in [0.15, 0.2) is 53.1 Å². The van der Waals surface area contributed by atoms with E-state index in [0.29, 0.717) is 37.0 Å². The molecule has 1 fully saturated rings. The zero-order valence-electron chi connectivity index (χ0n) is 16.5. The van der Waals surface area contributed by atoms with E-state index in [1.54, 1.807) is 12.1 Å². The Morgan fingerprint density at radius 3 is 2.79 bits per heavy atom. The van der Waals surface area contributed by atoms with E-state index in [1.807, 2.05) is 36.1 Å². The minimum Gasteiger partial charge on any atom is -0.342 e. The first-order chi connectivity index (χ1) is 14.1. The Labute approximate surface area is 169 Å². The van der Waals surface area contributed by atoms with Gasteiger partial charge in [-0.3, -0.25) is 4.79 Å². The van der Waals surface area contributed by atoms with E-state index in [1.165, 1.54) is 12.1 Å². The number of aryl methyl sites for hydroxylation is 1. The van der Waals surface area contributed by atoms with Gasteiger partial charge in [-0.05, 0) is 48.9 Å². The van der Waals surface area contributed by atoms with Gasteiger partial charge in [0.15, 0.2) is 0 Å². The van der Waals surface area contributed by atoms with Crippen LogP contribution < -0.4 is 0 Å². The number of aromatic nitrogens is 2. The molecule has 6 heteroatoms. The van der Waals surface area contributed by atoms with Crippen molar-refractivity contribution < 1.29 is 13.7 Å². The number of halogens is 1. The molecular weight excluding hydrogens is 369 g/mol. The first kappa shape index (κ1) is 19.3. The molecule has 0 N–H and O–H groups in total. The lowest BCUT2D eigenvalue weighted by Gasteiger charge is -2.32. The lowest BCUT2D eigenvalue weighted by atomic mass is 9.94. The number of benzene rings is 2. The molecule has 1 atom stereocenters. The van der Waals surface area contributed by atoms with Crippen molar-refractivity contribution in [2.45, 2.75) is 32.6 Å². The Morgan fingerprint density at radius 2 is 2.00 bits per heavy atom. The van der Waals surface area contributed by atoms with Crippen LogP contribution in [0.5, 0.6) is 0 Å². The summed E-state index contributed by atoms with van der Waals surface area (Å²) in [7, 11) is 0. The fourth-order valence-electron chi connectivity index (χ4n) is 3.86. The summed E-state index contributed by atoms with van der Waals surface area (Å²) < 4.78 is 18.5. The van der Waals surface area contributed by atoms with Gasteiger partial charge in [0.1, 0.15) is 5.82 Å². The fourth-order valence-corrected chi connectivity index (χ4v) is 3.86. The lowest BCUT2D eigenvalue weighted by Crippen LogP contribution is -2.41. The second-order valence-corrected chi connectivity index (χ2v) is 7.68. The van der Waals surface area contributed by atoms with Crippen molar-refractivity contribution in [2.24, 2.45) is 5.92 Å². The van der Waals surface area contributed by atoms with Crippen molar-refractivity contribution in [2.75, 3.05) is 13.1 Å². The van der Waals surface area contributed by atoms with Gasteiger partial charge in [0.2, 0.25) is 17.6 Å². The first-order valence-corrected chi connectivity index (χ1v) is 9.99. The zero-order chi connectivity index (χ0) is 20.2. The summed E-state index contributed by atoms with van der Waals surface area (Å²) in [4.78, 5) is 19.1. The van der Waals surface area contributed by atoms with E-state index in [9.17, 15) is 9.18 Å². The van der Waals surface area contributed by atoms with Crippen LogP contribution in [0.2, 0.25) is 0 Å². The number of likely N-dealkylation sites (tertiary alicyclic amines) is 1. The van der Waals surface area contributed by atoms with Gasteiger partial charge >= 0.3 is 0 Å². The van der Waals surface area contributed by atoms with Crippen LogP contribution in [0.3, 0.4) is 0 Å². The number of rotatable bonds is 5. The third kappa shape index (κ3) is 4.70.